The van der Waals surface area contributed by atoms with Crippen LogP contribution in [-0.4, -0.2) is 39.4 Å². The van der Waals surface area contributed by atoms with Crippen molar-refractivity contribution >= 4 is 5.91 Å². The van der Waals surface area contributed by atoms with E-state index in [9.17, 15) is 4.79 Å². The predicted octanol–water partition coefficient (Wildman–Crippen LogP) is 1.79. The molecule has 5 nitrogen and oxygen atoms in total. The van der Waals surface area contributed by atoms with E-state index in [1.165, 1.54) is 7.11 Å². The van der Waals surface area contributed by atoms with Gasteiger partial charge >= 0.3 is 0 Å². The first-order valence-corrected chi connectivity index (χ1v) is 7.19. The molecule has 0 radical (unpaired) electrons. The van der Waals surface area contributed by atoms with Crippen LogP contribution in [0.4, 0.5) is 0 Å². The SMILES string of the molecule is C#CCOc1ccc(CCNC(=O)C(CC)OC)cc1OC. The Bertz CT molecular complexity index is 518. The number of rotatable bonds is 9. The number of carbonyl (C=O) groups is 1. The molecular formula is C17H23NO4. The van der Waals surface area contributed by atoms with E-state index >= 15 is 0 Å². The average Bonchev–Trinajstić information content (AvgIpc) is 2.54. The Morgan fingerprint density at radius 2 is 2.14 bits per heavy atom. The Morgan fingerprint density at radius 3 is 2.73 bits per heavy atom. The van der Waals surface area contributed by atoms with Crippen molar-refractivity contribution in [2.45, 2.75) is 25.9 Å². The van der Waals surface area contributed by atoms with Crippen molar-refractivity contribution in [2.24, 2.45) is 0 Å². The smallest absolute Gasteiger partial charge is 0.249 e. The molecule has 0 aromatic heterocycles. The number of hydrogen-bond donors (Lipinski definition) is 1. The van der Waals surface area contributed by atoms with E-state index in [1.807, 2.05) is 25.1 Å². The van der Waals surface area contributed by atoms with Gasteiger partial charge in [0.2, 0.25) is 5.91 Å². The van der Waals surface area contributed by atoms with Gasteiger partial charge in [0.15, 0.2) is 11.5 Å². The number of hydrogen-bond acceptors (Lipinski definition) is 4. The molecule has 1 rings (SSSR count). The van der Waals surface area contributed by atoms with E-state index in [0.717, 1.165) is 5.56 Å². The summed E-state index contributed by atoms with van der Waals surface area (Å²) in [4.78, 5) is 11.8. The molecular weight excluding hydrogens is 282 g/mol. The van der Waals surface area contributed by atoms with Crippen molar-refractivity contribution in [1.82, 2.24) is 5.32 Å². The van der Waals surface area contributed by atoms with Crippen molar-refractivity contribution in [3.63, 3.8) is 0 Å². The minimum atomic E-state index is -0.394. The van der Waals surface area contributed by atoms with Gasteiger partial charge in [0.1, 0.15) is 12.7 Å². The summed E-state index contributed by atoms with van der Waals surface area (Å²) in [7, 11) is 3.11. The normalized spacial score (nSPS) is 11.4. The van der Waals surface area contributed by atoms with Crippen LogP contribution in [0.25, 0.3) is 0 Å². The van der Waals surface area contributed by atoms with Gasteiger partial charge in [0.25, 0.3) is 0 Å². The predicted molar refractivity (Wildman–Crippen MR) is 85.1 cm³/mol. The van der Waals surface area contributed by atoms with Gasteiger partial charge < -0.3 is 19.5 Å². The first kappa shape index (κ1) is 17.9. The topological polar surface area (TPSA) is 56.8 Å². The van der Waals surface area contributed by atoms with Crippen LogP contribution in [0.1, 0.15) is 18.9 Å². The Balaban J connectivity index is 2.56. The first-order valence-electron chi connectivity index (χ1n) is 7.19. The highest BCUT2D eigenvalue weighted by Crippen LogP contribution is 2.28. The van der Waals surface area contributed by atoms with Crippen molar-refractivity contribution in [3.05, 3.63) is 23.8 Å². The number of terminal acetylenes is 1. The van der Waals surface area contributed by atoms with Gasteiger partial charge in [-0.2, -0.15) is 0 Å². The van der Waals surface area contributed by atoms with Crippen molar-refractivity contribution in [2.75, 3.05) is 27.4 Å². The third kappa shape index (κ3) is 5.30. The highest BCUT2D eigenvalue weighted by molar-refractivity contribution is 5.80. The molecule has 0 saturated heterocycles. The molecule has 120 valence electrons. The number of amides is 1. The monoisotopic (exact) mass is 305 g/mol. The van der Waals surface area contributed by atoms with Crippen LogP contribution in [0.5, 0.6) is 11.5 Å². The zero-order chi connectivity index (χ0) is 16.4. The van der Waals surface area contributed by atoms with Crippen molar-refractivity contribution in [1.29, 1.82) is 0 Å². The maximum absolute atomic E-state index is 11.8. The Kier molecular flexibility index (Phi) is 7.87. The second-order valence-electron chi connectivity index (χ2n) is 4.65. The fraction of sp³-hybridized carbons (Fsp3) is 0.471. The molecule has 0 bridgehead atoms. The molecule has 0 fully saturated rings. The van der Waals surface area contributed by atoms with E-state index in [0.29, 0.717) is 30.9 Å². The summed E-state index contributed by atoms with van der Waals surface area (Å²) in [6, 6.07) is 5.62. The van der Waals surface area contributed by atoms with Crippen LogP contribution >= 0.6 is 0 Å². The fourth-order valence-corrected chi connectivity index (χ4v) is 2.01. The molecule has 1 N–H and O–H groups in total. The van der Waals surface area contributed by atoms with Crippen LogP contribution in [-0.2, 0) is 16.0 Å². The first-order chi connectivity index (χ1) is 10.7. The molecule has 1 atom stereocenters. The minimum absolute atomic E-state index is 0.0917. The summed E-state index contributed by atoms with van der Waals surface area (Å²) in [5, 5.41) is 2.86. The van der Waals surface area contributed by atoms with Gasteiger partial charge in [0.05, 0.1) is 7.11 Å². The summed E-state index contributed by atoms with van der Waals surface area (Å²) < 4.78 is 15.8. The highest BCUT2D eigenvalue weighted by Gasteiger charge is 2.14. The zero-order valence-corrected chi connectivity index (χ0v) is 13.3. The van der Waals surface area contributed by atoms with Crippen LogP contribution in [0, 0.1) is 12.3 Å². The summed E-state index contributed by atoms with van der Waals surface area (Å²) in [5.74, 6) is 3.56. The average molecular weight is 305 g/mol. The van der Waals surface area contributed by atoms with E-state index in [1.54, 1.807) is 7.11 Å². The quantitative estimate of drug-likeness (QED) is 0.707. The molecule has 0 spiro atoms. The van der Waals surface area contributed by atoms with Gasteiger partial charge in [-0.1, -0.05) is 18.9 Å². The third-order valence-corrected chi connectivity index (χ3v) is 3.20. The Morgan fingerprint density at radius 1 is 1.36 bits per heavy atom. The standard InChI is InChI=1S/C17H23NO4/c1-5-11-22-15-8-7-13(12-16(15)21-4)9-10-18-17(19)14(6-2)20-3/h1,7-8,12,14H,6,9-11H2,2-4H3,(H,18,19). The van der Waals surface area contributed by atoms with Crippen LogP contribution in [0.3, 0.4) is 0 Å². The summed E-state index contributed by atoms with van der Waals surface area (Å²) in [6.45, 7) is 2.64. The Labute approximate surface area is 131 Å². The van der Waals surface area contributed by atoms with Crippen LogP contribution in [0.2, 0.25) is 0 Å². The fourth-order valence-electron chi connectivity index (χ4n) is 2.01. The second kappa shape index (κ2) is 9.69. The number of benzene rings is 1. The van der Waals surface area contributed by atoms with Gasteiger partial charge in [-0.3, -0.25) is 4.79 Å². The minimum Gasteiger partial charge on any atom is -0.493 e. The van der Waals surface area contributed by atoms with Crippen molar-refractivity contribution in [3.8, 4) is 23.8 Å². The van der Waals surface area contributed by atoms with Crippen LogP contribution in [0.15, 0.2) is 18.2 Å². The second-order valence-corrected chi connectivity index (χ2v) is 4.65. The van der Waals surface area contributed by atoms with Gasteiger partial charge in [-0.05, 0) is 30.5 Å². The maximum atomic E-state index is 11.8. The molecule has 1 aromatic carbocycles. The lowest BCUT2D eigenvalue weighted by Crippen LogP contribution is -2.36. The molecule has 0 aliphatic heterocycles. The van der Waals surface area contributed by atoms with E-state index in [4.69, 9.17) is 20.6 Å². The maximum Gasteiger partial charge on any atom is 0.249 e. The number of carbonyl (C=O) groups excluding carboxylic acids is 1. The summed E-state index contributed by atoms with van der Waals surface area (Å²) in [6.07, 6.45) is 6.12. The molecule has 0 saturated carbocycles. The summed E-state index contributed by atoms with van der Waals surface area (Å²) >= 11 is 0. The molecule has 22 heavy (non-hydrogen) atoms. The largest absolute Gasteiger partial charge is 0.493 e. The molecule has 1 amide bonds. The number of ether oxygens (including phenoxy) is 3. The number of nitrogens with one attached hydrogen (secondary N) is 1. The van der Waals surface area contributed by atoms with E-state index in [2.05, 4.69) is 11.2 Å². The van der Waals surface area contributed by atoms with Gasteiger partial charge in [-0.25, -0.2) is 0 Å². The van der Waals surface area contributed by atoms with Gasteiger partial charge in [-0.15, -0.1) is 6.42 Å². The molecule has 1 aromatic rings. The molecule has 1 unspecified atom stereocenters. The summed E-state index contributed by atoms with van der Waals surface area (Å²) in [5.41, 5.74) is 1.04. The Hall–Kier alpha value is -2.19. The lowest BCUT2D eigenvalue weighted by molar-refractivity contribution is -0.131. The van der Waals surface area contributed by atoms with Crippen molar-refractivity contribution < 1.29 is 19.0 Å². The lowest BCUT2D eigenvalue weighted by Gasteiger charge is -2.14. The molecule has 0 heterocycles. The van der Waals surface area contributed by atoms with Crippen LogP contribution < -0.4 is 14.8 Å². The van der Waals surface area contributed by atoms with Gasteiger partial charge in [0, 0.05) is 13.7 Å². The molecule has 0 aliphatic rings. The number of methoxy groups -OCH3 is 2. The van der Waals surface area contributed by atoms with E-state index < -0.39 is 6.10 Å². The lowest BCUT2D eigenvalue weighted by atomic mass is 10.1. The molecule has 5 heteroatoms. The third-order valence-electron chi connectivity index (χ3n) is 3.20. The zero-order valence-electron chi connectivity index (χ0n) is 13.3. The van der Waals surface area contributed by atoms with E-state index in [-0.39, 0.29) is 12.5 Å². The highest BCUT2D eigenvalue weighted by atomic mass is 16.5. The molecule has 0 aliphatic carbocycles.